The largest absolute Gasteiger partial charge is 0.328 e. The molecule has 1 unspecified atom stereocenters. The minimum Gasteiger partial charge on any atom is -0.328 e. The predicted octanol–water partition coefficient (Wildman–Crippen LogP) is 2.98. The molecular formula is C13H19BrN2. The van der Waals surface area contributed by atoms with Gasteiger partial charge in [-0.2, -0.15) is 0 Å². The lowest BCUT2D eigenvalue weighted by atomic mass is 9.86. The topological polar surface area (TPSA) is 38.0 Å². The first-order valence-corrected chi connectivity index (χ1v) is 6.75. The van der Waals surface area contributed by atoms with E-state index in [1.807, 2.05) is 0 Å². The molecule has 0 amide bonds. The van der Waals surface area contributed by atoms with Crippen LogP contribution in [0.3, 0.4) is 0 Å². The minimum atomic E-state index is 0.417. The van der Waals surface area contributed by atoms with Crippen molar-refractivity contribution in [2.75, 3.05) is 0 Å². The van der Waals surface area contributed by atoms with E-state index in [1.54, 1.807) is 0 Å². The second-order valence-electron chi connectivity index (χ2n) is 4.61. The number of hydrogen-bond donors (Lipinski definition) is 2. The summed E-state index contributed by atoms with van der Waals surface area (Å²) in [7, 11) is 0. The molecule has 2 rings (SSSR count). The third kappa shape index (κ3) is 2.84. The molecule has 1 aromatic carbocycles. The van der Waals surface area contributed by atoms with Gasteiger partial charge in [-0.25, -0.2) is 0 Å². The van der Waals surface area contributed by atoms with Gasteiger partial charge < -0.3 is 11.1 Å². The van der Waals surface area contributed by atoms with E-state index in [4.69, 9.17) is 5.73 Å². The number of benzene rings is 1. The molecule has 0 bridgehead atoms. The van der Waals surface area contributed by atoms with Crippen molar-refractivity contribution in [2.24, 2.45) is 5.73 Å². The van der Waals surface area contributed by atoms with Gasteiger partial charge in [0.1, 0.15) is 0 Å². The van der Waals surface area contributed by atoms with Gasteiger partial charge in [-0.1, -0.05) is 35.0 Å². The van der Waals surface area contributed by atoms with Gasteiger partial charge in [-0.3, -0.25) is 0 Å². The van der Waals surface area contributed by atoms with E-state index in [0.717, 1.165) is 23.7 Å². The second-order valence-corrected chi connectivity index (χ2v) is 5.52. The molecule has 0 heterocycles. The maximum atomic E-state index is 5.80. The van der Waals surface area contributed by atoms with Gasteiger partial charge in [0.05, 0.1) is 0 Å². The van der Waals surface area contributed by atoms with E-state index in [9.17, 15) is 0 Å². The Labute approximate surface area is 106 Å². The SMILES string of the molecule is CCC(NC1CC(N)C1)c1ccc(Br)cc1. The highest BCUT2D eigenvalue weighted by Crippen LogP contribution is 2.25. The average Bonchev–Trinajstić information content (AvgIpc) is 2.24. The Kier molecular flexibility index (Phi) is 4.00. The predicted molar refractivity (Wildman–Crippen MR) is 71.3 cm³/mol. The van der Waals surface area contributed by atoms with E-state index in [-0.39, 0.29) is 0 Å². The Morgan fingerprint density at radius 1 is 1.38 bits per heavy atom. The first-order chi connectivity index (χ1) is 7.69. The van der Waals surface area contributed by atoms with Crippen LogP contribution in [0.1, 0.15) is 37.8 Å². The van der Waals surface area contributed by atoms with Crippen LogP contribution in [0.5, 0.6) is 0 Å². The molecule has 1 aromatic rings. The highest BCUT2D eigenvalue weighted by atomic mass is 79.9. The first kappa shape index (κ1) is 12.1. The Morgan fingerprint density at radius 3 is 2.50 bits per heavy atom. The summed E-state index contributed by atoms with van der Waals surface area (Å²) in [5.74, 6) is 0. The fraction of sp³-hybridized carbons (Fsp3) is 0.538. The summed E-state index contributed by atoms with van der Waals surface area (Å²) in [5, 5.41) is 3.67. The molecule has 3 heteroatoms. The molecule has 0 radical (unpaired) electrons. The fourth-order valence-electron chi connectivity index (χ4n) is 2.23. The Bertz CT molecular complexity index is 330. The molecule has 1 fully saturated rings. The Morgan fingerprint density at radius 2 is 2.00 bits per heavy atom. The highest BCUT2D eigenvalue weighted by molar-refractivity contribution is 9.10. The summed E-state index contributed by atoms with van der Waals surface area (Å²) >= 11 is 3.46. The van der Waals surface area contributed by atoms with Crippen LogP contribution in [-0.4, -0.2) is 12.1 Å². The van der Waals surface area contributed by atoms with Crippen LogP contribution in [0, 0.1) is 0 Å². The first-order valence-electron chi connectivity index (χ1n) is 5.96. The molecule has 1 aliphatic rings. The molecule has 0 spiro atoms. The maximum absolute atomic E-state index is 5.80. The van der Waals surface area contributed by atoms with Crippen LogP contribution in [0.15, 0.2) is 28.7 Å². The van der Waals surface area contributed by atoms with Crippen LogP contribution in [-0.2, 0) is 0 Å². The molecule has 88 valence electrons. The highest BCUT2D eigenvalue weighted by Gasteiger charge is 2.27. The van der Waals surface area contributed by atoms with Gasteiger partial charge in [-0.15, -0.1) is 0 Å². The van der Waals surface area contributed by atoms with Crippen LogP contribution in [0.4, 0.5) is 0 Å². The van der Waals surface area contributed by atoms with Crippen molar-refractivity contribution in [3.05, 3.63) is 34.3 Å². The quantitative estimate of drug-likeness (QED) is 0.891. The monoisotopic (exact) mass is 282 g/mol. The number of rotatable bonds is 4. The van der Waals surface area contributed by atoms with Crippen LogP contribution >= 0.6 is 15.9 Å². The molecule has 0 aromatic heterocycles. The summed E-state index contributed by atoms with van der Waals surface area (Å²) in [5.41, 5.74) is 7.17. The summed E-state index contributed by atoms with van der Waals surface area (Å²) in [6, 6.07) is 10.1. The lowest BCUT2D eigenvalue weighted by molar-refractivity contribution is 0.264. The summed E-state index contributed by atoms with van der Waals surface area (Å²) in [4.78, 5) is 0. The third-order valence-electron chi connectivity index (χ3n) is 3.29. The van der Waals surface area contributed by atoms with Crippen LogP contribution < -0.4 is 11.1 Å². The van der Waals surface area contributed by atoms with E-state index in [1.165, 1.54) is 5.56 Å². The van der Waals surface area contributed by atoms with Gasteiger partial charge in [0, 0.05) is 22.6 Å². The molecule has 0 saturated heterocycles. The van der Waals surface area contributed by atoms with Gasteiger partial charge in [0.2, 0.25) is 0 Å². The van der Waals surface area contributed by atoms with Gasteiger partial charge >= 0.3 is 0 Å². The van der Waals surface area contributed by atoms with Crippen molar-refractivity contribution in [1.82, 2.24) is 5.32 Å². The molecule has 1 saturated carbocycles. The third-order valence-corrected chi connectivity index (χ3v) is 3.82. The lowest BCUT2D eigenvalue weighted by Crippen LogP contribution is -2.49. The van der Waals surface area contributed by atoms with E-state index in [0.29, 0.717) is 18.1 Å². The zero-order valence-electron chi connectivity index (χ0n) is 9.62. The molecule has 1 atom stereocenters. The van der Waals surface area contributed by atoms with Crippen LogP contribution in [0.25, 0.3) is 0 Å². The molecule has 3 N–H and O–H groups in total. The summed E-state index contributed by atoms with van der Waals surface area (Å²) < 4.78 is 1.14. The van der Waals surface area contributed by atoms with Crippen molar-refractivity contribution in [1.29, 1.82) is 0 Å². The zero-order valence-corrected chi connectivity index (χ0v) is 11.2. The van der Waals surface area contributed by atoms with Crippen molar-refractivity contribution in [2.45, 2.75) is 44.3 Å². The summed E-state index contributed by atoms with van der Waals surface area (Å²) in [6.45, 7) is 2.22. The van der Waals surface area contributed by atoms with E-state index >= 15 is 0 Å². The van der Waals surface area contributed by atoms with Gasteiger partial charge in [-0.05, 0) is 37.0 Å². The Hall–Kier alpha value is -0.380. The van der Waals surface area contributed by atoms with Gasteiger partial charge in [0.25, 0.3) is 0 Å². The van der Waals surface area contributed by atoms with Crippen molar-refractivity contribution in [3.8, 4) is 0 Å². The molecule has 1 aliphatic carbocycles. The summed E-state index contributed by atoms with van der Waals surface area (Å²) in [6.07, 6.45) is 3.35. The standard InChI is InChI=1S/C13H19BrN2/c1-2-13(16-12-7-11(15)8-12)9-3-5-10(14)6-4-9/h3-6,11-13,16H,2,7-8,15H2,1H3. The van der Waals surface area contributed by atoms with E-state index in [2.05, 4.69) is 52.4 Å². The fourth-order valence-corrected chi connectivity index (χ4v) is 2.49. The number of nitrogens with two attached hydrogens (primary N) is 1. The van der Waals surface area contributed by atoms with Gasteiger partial charge in [0.15, 0.2) is 0 Å². The van der Waals surface area contributed by atoms with Crippen molar-refractivity contribution in [3.63, 3.8) is 0 Å². The number of halogens is 1. The zero-order chi connectivity index (χ0) is 11.5. The molecule has 16 heavy (non-hydrogen) atoms. The van der Waals surface area contributed by atoms with Crippen LogP contribution in [0.2, 0.25) is 0 Å². The van der Waals surface area contributed by atoms with Crippen molar-refractivity contribution >= 4 is 15.9 Å². The molecular weight excluding hydrogens is 264 g/mol. The van der Waals surface area contributed by atoms with Crippen molar-refractivity contribution < 1.29 is 0 Å². The maximum Gasteiger partial charge on any atom is 0.0320 e. The number of nitrogens with one attached hydrogen (secondary N) is 1. The number of hydrogen-bond acceptors (Lipinski definition) is 2. The Balaban J connectivity index is 1.96. The minimum absolute atomic E-state index is 0.417. The second kappa shape index (κ2) is 5.30. The lowest BCUT2D eigenvalue weighted by Gasteiger charge is -2.36. The molecule has 2 nitrogen and oxygen atoms in total. The average molecular weight is 283 g/mol. The molecule has 0 aliphatic heterocycles. The normalized spacial score (nSPS) is 26.2. The van der Waals surface area contributed by atoms with E-state index < -0.39 is 0 Å². The smallest absolute Gasteiger partial charge is 0.0320 e.